The van der Waals surface area contributed by atoms with Crippen LogP contribution in [0.4, 0.5) is 0 Å². The van der Waals surface area contributed by atoms with E-state index < -0.39 is 16.5 Å². The topological polar surface area (TPSA) is 83.6 Å². The highest BCUT2D eigenvalue weighted by Crippen LogP contribution is 2.14. The fourth-order valence-electron chi connectivity index (χ4n) is 0.670. The molecule has 0 radical (unpaired) electrons. The van der Waals surface area contributed by atoms with Gasteiger partial charge in [0.05, 0.1) is 6.17 Å². The second-order valence-electron chi connectivity index (χ2n) is 1.94. The summed E-state index contributed by atoms with van der Waals surface area (Å²) < 4.78 is 29.6. The van der Waals surface area contributed by atoms with Crippen molar-refractivity contribution in [2.45, 2.75) is 12.6 Å². The molecule has 1 aliphatic rings. The summed E-state index contributed by atoms with van der Waals surface area (Å²) in [6, 6.07) is 0. The Hall–Kier alpha value is -0.170. The second-order valence-corrected chi connectivity index (χ2v) is 3.31. The third-order valence-corrected chi connectivity index (χ3v) is 2.36. The Bertz CT molecular complexity index is 199. The van der Waals surface area contributed by atoms with Crippen LogP contribution in [0, 0.1) is 0 Å². The van der Waals surface area contributed by atoms with E-state index in [4.69, 9.17) is 10.3 Å². The summed E-state index contributed by atoms with van der Waals surface area (Å²) in [5.74, 6) is 0. The van der Waals surface area contributed by atoms with Gasteiger partial charge in [0.1, 0.15) is 0 Å². The highest BCUT2D eigenvalue weighted by molar-refractivity contribution is 7.83. The summed E-state index contributed by atoms with van der Waals surface area (Å²) in [5.41, 5.74) is 5.20. The van der Waals surface area contributed by atoms with Crippen LogP contribution in [0.15, 0.2) is 0 Å². The number of rotatable bonds is 1. The molecule has 0 aliphatic carbocycles. The molecule has 5 nitrogen and oxygen atoms in total. The summed E-state index contributed by atoms with van der Waals surface area (Å²) in [5, 5.41) is 0. The molecule has 0 aromatic carbocycles. The average molecular weight is 152 g/mol. The molecule has 9 heavy (non-hydrogen) atoms. The first-order valence-electron chi connectivity index (χ1n) is 2.51. The van der Waals surface area contributed by atoms with Crippen LogP contribution in [-0.2, 0) is 10.3 Å². The lowest BCUT2D eigenvalue weighted by atomic mass is 10.2. The molecule has 1 aliphatic heterocycles. The quantitative estimate of drug-likeness (QED) is 0.461. The van der Waals surface area contributed by atoms with Crippen LogP contribution in [0.25, 0.3) is 0 Å². The summed E-state index contributed by atoms with van der Waals surface area (Å²) in [6.07, 6.45) is 0.111. The van der Waals surface area contributed by atoms with Gasteiger partial charge in [0, 0.05) is 6.54 Å². The van der Waals surface area contributed by atoms with E-state index >= 15 is 0 Å². The molecule has 54 valence electrons. The van der Waals surface area contributed by atoms with Gasteiger partial charge >= 0.3 is 10.3 Å². The highest BCUT2D eigenvalue weighted by atomic mass is 32.2. The van der Waals surface area contributed by atoms with Crippen LogP contribution < -0.4 is 5.73 Å². The van der Waals surface area contributed by atoms with Gasteiger partial charge in [-0.05, 0) is 6.42 Å². The zero-order valence-corrected chi connectivity index (χ0v) is 5.50. The van der Waals surface area contributed by atoms with E-state index in [1.807, 2.05) is 0 Å². The number of hydrogen-bond donors (Lipinski definition) is 2. The minimum atomic E-state index is -4.01. The van der Waals surface area contributed by atoms with Gasteiger partial charge in [-0.15, -0.1) is 0 Å². The lowest BCUT2D eigenvalue weighted by Gasteiger charge is -2.33. The SMILES string of the molecule is NC1CCN1S(=O)(=O)O. The molecule has 0 aromatic heterocycles. The molecular formula is C3H8N2O3S. The van der Waals surface area contributed by atoms with E-state index in [0.717, 1.165) is 4.31 Å². The molecule has 0 aromatic rings. The van der Waals surface area contributed by atoms with Gasteiger partial charge in [-0.2, -0.15) is 12.7 Å². The van der Waals surface area contributed by atoms with Crippen molar-refractivity contribution >= 4 is 10.3 Å². The minimum absolute atomic E-state index is 0.333. The van der Waals surface area contributed by atoms with E-state index in [0.29, 0.717) is 13.0 Å². The molecule has 1 saturated heterocycles. The smallest absolute Gasteiger partial charge is 0.315 e. The van der Waals surface area contributed by atoms with Crippen LogP contribution in [0.1, 0.15) is 6.42 Å². The van der Waals surface area contributed by atoms with Crippen LogP contribution in [0.2, 0.25) is 0 Å². The van der Waals surface area contributed by atoms with E-state index in [2.05, 4.69) is 0 Å². The third-order valence-electron chi connectivity index (χ3n) is 1.31. The van der Waals surface area contributed by atoms with E-state index in [-0.39, 0.29) is 0 Å². The largest absolute Gasteiger partial charge is 0.337 e. The molecule has 1 fully saturated rings. The van der Waals surface area contributed by atoms with E-state index in [1.165, 1.54) is 0 Å². The Morgan fingerprint density at radius 1 is 1.67 bits per heavy atom. The van der Waals surface area contributed by atoms with Crippen molar-refractivity contribution in [1.82, 2.24) is 4.31 Å². The van der Waals surface area contributed by atoms with Crippen LogP contribution in [-0.4, -0.2) is 30.0 Å². The predicted octanol–water partition coefficient (Wildman–Crippen LogP) is -1.22. The maximum atomic E-state index is 10.2. The van der Waals surface area contributed by atoms with Crippen LogP contribution in [0.5, 0.6) is 0 Å². The van der Waals surface area contributed by atoms with Gasteiger partial charge in [-0.1, -0.05) is 0 Å². The first-order chi connectivity index (χ1) is 4.02. The average Bonchev–Trinajstić information content (AvgIpc) is 1.57. The molecule has 0 spiro atoms. The van der Waals surface area contributed by atoms with Crippen molar-refractivity contribution in [3.63, 3.8) is 0 Å². The van der Waals surface area contributed by atoms with Gasteiger partial charge < -0.3 is 5.73 Å². The van der Waals surface area contributed by atoms with Crippen molar-refractivity contribution in [2.75, 3.05) is 6.54 Å². The van der Waals surface area contributed by atoms with Gasteiger partial charge in [-0.25, -0.2) is 0 Å². The molecule has 1 unspecified atom stereocenters. The van der Waals surface area contributed by atoms with Gasteiger partial charge in [0.25, 0.3) is 0 Å². The highest BCUT2D eigenvalue weighted by Gasteiger charge is 2.33. The summed E-state index contributed by atoms with van der Waals surface area (Å²) in [4.78, 5) is 0. The molecule has 0 bridgehead atoms. The Balaban J connectivity index is 2.66. The summed E-state index contributed by atoms with van der Waals surface area (Å²) in [7, 11) is -4.01. The first-order valence-corrected chi connectivity index (χ1v) is 3.91. The number of nitrogens with two attached hydrogens (primary N) is 1. The first kappa shape index (κ1) is 6.94. The van der Waals surface area contributed by atoms with Gasteiger partial charge in [0.2, 0.25) is 0 Å². The molecule has 1 heterocycles. The van der Waals surface area contributed by atoms with Gasteiger partial charge in [-0.3, -0.25) is 4.55 Å². The molecule has 6 heteroatoms. The van der Waals surface area contributed by atoms with E-state index in [9.17, 15) is 8.42 Å². The monoisotopic (exact) mass is 152 g/mol. The van der Waals surface area contributed by atoms with E-state index in [1.54, 1.807) is 0 Å². The fourth-order valence-corrected chi connectivity index (χ4v) is 1.45. The Morgan fingerprint density at radius 3 is 2.22 bits per heavy atom. The molecular weight excluding hydrogens is 144 g/mol. The lowest BCUT2D eigenvalue weighted by Crippen LogP contribution is -2.55. The van der Waals surface area contributed by atoms with Crippen LogP contribution >= 0.6 is 0 Å². The summed E-state index contributed by atoms with van der Waals surface area (Å²) in [6.45, 7) is 0.333. The molecule has 0 amide bonds. The van der Waals surface area contributed by atoms with Crippen LogP contribution in [0.3, 0.4) is 0 Å². The minimum Gasteiger partial charge on any atom is -0.315 e. The molecule has 3 N–H and O–H groups in total. The number of nitrogens with zero attached hydrogens (tertiary/aromatic N) is 1. The lowest BCUT2D eigenvalue weighted by molar-refractivity contribution is 0.186. The van der Waals surface area contributed by atoms with Crippen molar-refractivity contribution < 1.29 is 13.0 Å². The zero-order chi connectivity index (χ0) is 7.07. The Morgan fingerprint density at radius 2 is 2.22 bits per heavy atom. The predicted molar refractivity (Wildman–Crippen MR) is 30.8 cm³/mol. The number of hydrogen-bond acceptors (Lipinski definition) is 3. The molecule has 1 rings (SSSR count). The third kappa shape index (κ3) is 1.21. The van der Waals surface area contributed by atoms with Gasteiger partial charge in [0.15, 0.2) is 0 Å². The standard InChI is InChI=1S/C3H8N2O3S/c4-3-1-2-5(3)9(6,7)8/h3H,1-2,4H2,(H,6,7,8). The molecule has 1 atom stereocenters. The van der Waals surface area contributed by atoms with Crippen molar-refractivity contribution in [3.8, 4) is 0 Å². The Kier molecular flexibility index (Phi) is 1.47. The maximum Gasteiger partial charge on any atom is 0.337 e. The summed E-state index contributed by atoms with van der Waals surface area (Å²) >= 11 is 0. The van der Waals surface area contributed by atoms with Crippen molar-refractivity contribution in [2.24, 2.45) is 5.73 Å². The van der Waals surface area contributed by atoms with Crippen molar-refractivity contribution in [1.29, 1.82) is 0 Å². The molecule has 0 saturated carbocycles. The normalized spacial score (nSPS) is 29.8. The Labute approximate surface area is 53.3 Å². The second kappa shape index (κ2) is 1.91. The maximum absolute atomic E-state index is 10.2. The van der Waals surface area contributed by atoms with Crippen molar-refractivity contribution in [3.05, 3.63) is 0 Å². The fraction of sp³-hybridized carbons (Fsp3) is 1.00. The zero-order valence-electron chi connectivity index (χ0n) is 4.69.